The summed E-state index contributed by atoms with van der Waals surface area (Å²) in [5.74, 6) is 0.193. The normalized spacial score (nSPS) is 27.3. The summed E-state index contributed by atoms with van der Waals surface area (Å²) in [6, 6.07) is 1.69. The summed E-state index contributed by atoms with van der Waals surface area (Å²) in [6.07, 6.45) is 6.39. The van der Waals surface area contributed by atoms with Gasteiger partial charge < -0.3 is 14.2 Å². The summed E-state index contributed by atoms with van der Waals surface area (Å²) in [5.41, 5.74) is 0.443. The van der Waals surface area contributed by atoms with Crippen molar-refractivity contribution in [1.82, 2.24) is 9.80 Å². The van der Waals surface area contributed by atoms with Gasteiger partial charge in [0.2, 0.25) is 5.91 Å². The van der Waals surface area contributed by atoms with Crippen molar-refractivity contribution in [2.45, 2.75) is 31.2 Å². The highest BCUT2D eigenvalue weighted by Gasteiger charge is 2.46. The lowest BCUT2D eigenvalue weighted by molar-refractivity contribution is -0.130. The van der Waals surface area contributed by atoms with Crippen LogP contribution in [0.3, 0.4) is 0 Å². The molecule has 2 aliphatic rings. The van der Waals surface area contributed by atoms with E-state index in [0.717, 1.165) is 25.8 Å². The van der Waals surface area contributed by atoms with Crippen LogP contribution in [0.2, 0.25) is 0 Å². The van der Waals surface area contributed by atoms with Gasteiger partial charge in [-0.25, -0.2) is 0 Å². The van der Waals surface area contributed by atoms with Crippen LogP contribution < -0.4 is 0 Å². The number of carbonyl (C=O) groups is 2. The van der Waals surface area contributed by atoms with E-state index < -0.39 is 0 Å². The topological polar surface area (TPSA) is 53.8 Å². The minimum absolute atomic E-state index is 0.000531. The lowest BCUT2D eigenvalue weighted by Gasteiger charge is -2.44. The highest BCUT2D eigenvalue weighted by molar-refractivity contribution is 5.94. The molecule has 0 N–H and O–H groups in total. The zero-order chi connectivity index (χ0) is 13.5. The Morgan fingerprint density at radius 3 is 2.89 bits per heavy atom. The first-order valence-corrected chi connectivity index (χ1v) is 6.71. The third kappa shape index (κ3) is 1.93. The number of amides is 2. The van der Waals surface area contributed by atoms with E-state index in [0.29, 0.717) is 18.5 Å². The van der Waals surface area contributed by atoms with Crippen molar-refractivity contribution in [3.63, 3.8) is 0 Å². The second kappa shape index (κ2) is 4.40. The summed E-state index contributed by atoms with van der Waals surface area (Å²) in [7, 11) is 1.86. The van der Waals surface area contributed by atoms with Crippen molar-refractivity contribution in [3.05, 3.63) is 24.2 Å². The predicted molar refractivity (Wildman–Crippen MR) is 68.6 cm³/mol. The minimum Gasteiger partial charge on any atom is -0.472 e. The van der Waals surface area contributed by atoms with Crippen LogP contribution in [-0.4, -0.2) is 47.3 Å². The van der Waals surface area contributed by atoms with Crippen LogP contribution in [0.15, 0.2) is 23.0 Å². The van der Waals surface area contributed by atoms with Crippen LogP contribution in [0.5, 0.6) is 0 Å². The fourth-order valence-corrected chi connectivity index (χ4v) is 3.27. The fraction of sp³-hybridized carbons (Fsp3) is 0.571. The van der Waals surface area contributed by atoms with Gasteiger partial charge in [-0.1, -0.05) is 0 Å². The number of rotatable bonds is 1. The van der Waals surface area contributed by atoms with Crippen LogP contribution in [0.25, 0.3) is 0 Å². The molecule has 19 heavy (non-hydrogen) atoms. The van der Waals surface area contributed by atoms with Crippen molar-refractivity contribution >= 4 is 11.8 Å². The Bertz CT molecular complexity index is 497. The van der Waals surface area contributed by atoms with Crippen molar-refractivity contribution in [2.24, 2.45) is 0 Å². The SMILES string of the molecule is CN1C(=O)CCC12CCCN(C(=O)c1ccoc1)C2. The first-order valence-electron chi connectivity index (χ1n) is 6.71. The summed E-state index contributed by atoms with van der Waals surface area (Å²) < 4.78 is 4.97. The molecule has 2 fully saturated rings. The molecule has 2 amide bonds. The number of hydrogen-bond acceptors (Lipinski definition) is 3. The third-order valence-electron chi connectivity index (χ3n) is 4.50. The number of likely N-dealkylation sites (N-methyl/N-ethyl adjacent to an activating group) is 1. The summed E-state index contributed by atoms with van der Waals surface area (Å²) in [6.45, 7) is 1.40. The number of carbonyl (C=O) groups excluding carboxylic acids is 2. The van der Waals surface area contributed by atoms with Crippen LogP contribution in [0.1, 0.15) is 36.0 Å². The Hall–Kier alpha value is -1.78. The van der Waals surface area contributed by atoms with Crippen LogP contribution in [0, 0.1) is 0 Å². The molecule has 0 radical (unpaired) electrons. The van der Waals surface area contributed by atoms with Gasteiger partial charge in [-0.3, -0.25) is 9.59 Å². The van der Waals surface area contributed by atoms with Crippen molar-refractivity contribution in [2.75, 3.05) is 20.1 Å². The second-order valence-electron chi connectivity index (χ2n) is 5.52. The fourth-order valence-electron chi connectivity index (χ4n) is 3.27. The lowest BCUT2D eigenvalue weighted by atomic mass is 9.86. The van der Waals surface area contributed by atoms with E-state index in [1.54, 1.807) is 6.07 Å². The van der Waals surface area contributed by atoms with Crippen LogP contribution >= 0.6 is 0 Å². The van der Waals surface area contributed by atoms with E-state index in [-0.39, 0.29) is 17.4 Å². The quantitative estimate of drug-likeness (QED) is 0.770. The van der Waals surface area contributed by atoms with Gasteiger partial charge in [0, 0.05) is 26.6 Å². The van der Waals surface area contributed by atoms with Gasteiger partial charge >= 0.3 is 0 Å². The number of hydrogen-bond donors (Lipinski definition) is 0. The van der Waals surface area contributed by atoms with Gasteiger partial charge in [-0.15, -0.1) is 0 Å². The highest BCUT2D eigenvalue weighted by atomic mass is 16.3. The van der Waals surface area contributed by atoms with E-state index in [4.69, 9.17) is 4.42 Å². The van der Waals surface area contributed by atoms with E-state index in [1.807, 2.05) is 16.8 Å². The Kier molecular flexibility index (Phi) is 2.84. The largest absolute Gasteiger partial charge is 0.472 e. The third-order valence-corrected chi connectivity index (χ3v) is 4.50. The molecular formula is C14H18N2O3. The minimum atomic E-state index is -0.144. The van der Waals surface area contributed by atoms with Crippen molar-refractivity contribution in [1.29, 1.82) is 0 Å². The molecule has 0 aromatic carbocycles. The zero-order valence-electron chi connectivity index (χ0n) is 11.1. The van der Waals surface area contributed by atoms with Gasteiger partial charge in [-0.05, 0) is 25.3 Å². The molecule has 0 bridgehead atoms. The Morgan fingerprint density at radius 2 is 2.26 bits per heavy atom. The number of likely N-dealkylation sites (tertiary alicyclic amines) is 2. The maximum absolute atomic E-state index is 12.4. The smallest absolute Gasteiger partial charge is 0.257 e. The maximum Gasteiger partial charge on any atom is 0.257 e. The van der Waals surface area contributed by atoms with Gasteiger partial charge in [0.1, 0.15) is 6.26 Å². The van der Waals surface area contributed by atoms with Crippen LogP contribution in [-0.2, 0) is 4.79 Å². The molecule has 5 nitrogen and oxygen atoms in total. The zero-order valence-corrected chi connectivity index (χ0v) is 11.1. The molecule has 0 aliphatic carbocycles. The Morgan fingerprint density at radius 1 is 1.42 bits per heavy atom. The van der Waals surface area contributed by atoms with Crippen molar-refractivity contribution < 1.29 is 14.0 Å². The molecule has 0 saturated carbocycles. The molecule has 3 heterocycles. The first kappa shape index (κ1) is 12.3. The average molecular weight is 262 g/mol. The second-order valence-corrected chi connectivity index (χ2v) is 5.52. The van der Waals surface area contributed by atoms with Gasteiger partial charge in [0.15, 0.2) is 0 Å². The van der Waals surface area contributed by atoms with E-state index in [2.05, 4.69) is 0 Å². The molecule has 1 aromatic heterocycles. The molecule has 1 spiro atoms. The average Bonchev–Trinajstić information content (AvgIpc) is 3.04. The number of nitrogens with zero attached hydrogens (tertiary/aromatic N) is 2. The number of furan rings is 1. The number of piperidine rings is 1. The van der Waals surface area contributed by atoms with E-state index in [1.165, 1.54) is 12.5 Å². The lowest BCUT2D eigenvalue weighted by Crippen LogP contribution is -2.56. The Balaban J connectivity index is 1.79. The molecule has 102 valence electrons. The molecule has 5 heteroatoms. The molecule has 2 aliphatic heterocycles. The first-order chi connectivity index (χ1) is 9.12. The Labute approximate surface area is 112 Å². The van der Waals surface area contributed by atoms with Gasteiger partial charge in [0.25, 0.3) is 5.91 Å². The van der Waals surface area contributed by atoms with E-state index >= 15 is 0 Å². The van der Waals surface area contributed by atoms with Gasteiger partial charge in [-0.2, -0.15) is 0 Å². The molecule has 3 rings (SSSR count). The monoisotopic (exact) mass is 262 g/mol. The summed E-state index contributed by atoms with van der Waals surface area (Å²) >= 11 is 0. The molecular weight excluding hydrogens is 244 g/mol. The van der Waals surface area contributed by atoms with Crippen LogP contribution in [0.4, 0.5) is 0 Å². The molecule has 1 unspecified atom stereocenters. The molecule has 1 aromatic rings. The summed E-state index contributed by atoms with van der Waals surface area (Å²) in [5, 5.41) is 0. The predicted octanol–water partition coefficient (Wildman–Crippen LogP) is 1.51. The standard InChI is InChI=1S/C14H18N2O3/c1-15-12(17)3-6-14(15)5-2-7-16(10-14)13(18)11-4-8-19-9-11/h4,8-9H,2-3,5-7,10H2,1H3. The summed E-state index contributed by atoms with van der Waals surface area (Å²) in [4.78, 5) is 27.8. The molecule has 1 atom stereocenters. The molecule has 2 saturated heterocycles. The van der Waals surface area contributed by atoms with Gasteiger partial charge in [0.05, 0.1) is 17.4 Å². The highest BCUT2D eigenvalue weighted by Crippen LogP contribution is 2.37. The van der Waals surface area contributed by atoms with E-state index in [9.17, 15) is 9.59 Å². The van der Waals surface area contributed by atoms with Crippen molar-refractivity contribution in [3.8, 4) is 0 Å². The maximum atomic E-state index is 12.4.